The van der Waals surface area contributed by atoms with Gasteiger partial charge in [0.05, 0.1) is 0 Å². The van der Waals surface area contributed by atoms with Gasteiger partial charge in [-0.2, -0.15) is 0 Å². The number of rotatable bonds is 0. The van der Waals surface area contributed by atoms with Gasteiger partial charge in [0.2, 0.25) is 0 Å². The molecule has 1 aromatic heterocycles. The number of hydrogen-bond acceptors (Lipinski definition) is 3. The predicted octanol–water partition coefficient (Wildman–Crippen LogP) is 2.15. The van der Waals surface area contributed by atoms with Crippen molar-refractivity contribution in [1.82, 2.24) is 5.32 Å². The number of nitrogens with two attached hydrogens (primary N) is 1. The lowest BCUT2D eigenvalue weighted by Gasteiger charge is -2.26. The number of fused-ring (bicyclic) bond motifs is 1. The first-order chi connectivity index (χ1) is 6.50. The molecule has 0 bridgehead atoms. The highest BCUT2D eigenvalue weighted by atomic mass is 32.1. The van der Waals surface area contributed by atoms with Crippen molar-refractivity contribution in [3.05, 3.63) is 21.4 Å². The Morgan fingerprint density at radius 2 is 2.21 bits per heavy atom. The van der Waals surface area contributed by atoms with Crippen molar-refractivity contribution in [3.63, 3.8) is 0 Å². The van der Waals surface area contributed by atoms with E-state index < -0.39 is 0 Å². The summed E-state index contributed by atoms with van der Waals surface area (Å²) in [5, 5.41) is 5.62. The molecule has 1 aliphatic rings. The average Bonchev–Trinajstić information content (AvgIpc) is 2.47. The van der Waals surface area contributed by atoms with E-state index in [2.05, 4.69) is 31.5 Å². The fourth-order valence-corrected chi connectivity index (χ4v) is 3.29. The third-order valence-corrected chi connectivity index (χ3v) is 3.74. The van der Waals surface area contributed by atoms with E-state index in [1.54, 1.807) is 0 Å². The van der Waals surface area contributed by atoms with Gasteiger partial charge in [-0.1, -0.05) is 20.8 Å². The summed E-state index contributed by atoms with van der Waals surface area (Å²) in [6.45, 7) is 8.66. The van der Waals surface area contributed by atoms with Gasteiger partial charge in [0, 0.05) is 24.0 Å². The Morgan fingerprint density at radius 3 is 2.86 bits per heavy atom. The highest BCUT2D eigenvalue weighted by Gasteiger charge is 2.27. The predicted molar refractivity (Wildman–Crippen MR) is 61.7 cm³/mol. The van der Waals surface area contributed by atoms with Crippen molar-refractivity contribution < 1.29 is 0 Å². The molecule has 0 fully saturated rings. The molecule has 78 valence electrons. The van der Waals surface area contributed by atoms with E-state index in [-0.39, 0.29) is 11.5 Å². The van der Waals surface area contributed by atoms with Crippen LogP contribution in [0, 0.1) is 0 Å². The maximum atomic E-state index is 6.13. The molecular weight excluding hydrogens is 192 g/mol. The van der Waals surface area contributed by atoms with Gasteiger partial charge in [-0.25, -0.2) is 0 Å². The summed E-state index contributed by atoms with van der Waals surface area (Å²) in [5.41, 5.74) is 9.19. The SMILES string of the molecule is CC(C)(C)c1csc2c1C(N)CNC2. The van der Waals surface area contributed by atoms with Crippen LogP contribution in [0.1, 0.15) is 42.8 Å². The van der Waals surface area contributed by atoms with Gasteiger partial charge in [-0.15, -0.1) is 11.3 Å². The van der Waals surface area contributed by atoms with Crippen LogP contribution in [-0.2, 0) is 12.0 Å². The van der Waals surface area contributed by atoms with Gasteiger partial charge in [0.1, 0.15) is 0 Å². The topological polar surface area (TPSA) is 38.0 Å². The fourth-order valence-electron chi connectivity index (χ4n) is 1.97. The third-order valence-electron chi connectivity index (χ3n) is 2.74. The van der Waals surface area contributed by atoms with Gasteiger partial charge in [-0.3, -0.25) is 0 Å². The minimum atomic E-state index is 0.180. The molecule has 0 radical (unpaired) electrons. The molecule has 0 spiro atoms. The zero-order valence-electron chi connectivity index (χ0n) is 9.05. The monoisotopic (exact) mass is 210 g/mol. The van der Waals surface area contributed by atoms with Gasteiger partial charge < -0.3 is 11.1 Å². The van der Waals surface area contributed by atoms with Gasteiger partial charge in [0.15, 0.2) is 0 Å². The molecule has 3 heteroatoms. The van der Waals surface area contributed by atoms with Gasteiger partial charge in [-0.05, 0) is 21.9 Å². The smallest absolute Gasteiger partial charge is 0.0436 e. The molecule has 1 unspecified atom stereocenters. The minimum absolute atomic E-state index is 0.180. The first-order valence-electron chi connectivity index (χ1n) is 5.07. The first kappa shape index (κ1) is 10.1. The van der Waals surface area contributed by atoms with E-state index in [0.29, 0.717) is 0 Å². The molecule has 0 amide bonds. The van der Waals surface area contributed by atoms with Crippen molar-refractivity contribution in [2.75, 3.05) is 6.54 Å². The first-order valence-corrected chi connectivity index (χ1v) is 5.95. The molecule has 0 saturated carbocycles. The Morgan fingerprint density at radius 1 is 1.50 bits per heavy atom. The molecule has 2 rings (SSSR count). The summed E-state index contributed by atoms with van der Waals surface area (Å²) >= 11 is 1.84. The Bertz CT molecular complexity index is 336. The summed E-state index contributed by atoms with van der Waals surface area (Å²) < 4.78 is 0. The zero-order valence-corrected chi connectivity index (χ0v) is 9.87. The summed E-state index contributed by atoms with van der Waals surface area (Å²) in [5.74, 6) is 0. The van der Waals surface area contributed by atoms with Crippen LogP contribution in [0.4, 0.5) is 0 Å². The highest BCUT2D eigenvalue weighted by molar-refractivity contribution is 7.10. The van der Waals surface area contributed by atoms with Crippen LogP contribution >= 0.6 is 11.3 Å². The highest BCUT2D eigenvalue weighted by Crippen LogP contribution is 2.37. The molecule has 0 saturated heterocycles. The molecule has 0 aliphatic carbocycles. The van der Waals surface area contributed by atoms with Crippen LogP contribution in [0.3, 0.4) is 0 Å². The maximum absolute atomic E-state index is 6.13. The molecule has 14 heavy (non-hydrogen) atoms. The summed E-state index contributed by atoms with van der Waals surface area (Å²) in [4.78, 5) is 1.42. The lowest BCUT2D eigenvalue weighted by atomic mass is 9.83. The summed E-state index contributed by atoms with van der Waals surface area (Å²) in [7, 11) is 0. The van der Waals surface area contributed by atoms with Crippen LogP contribution in [0.25, 0.3) is 0 Å². The Labute approximate surface area is 89.5 Å². The van der Waals surface area contributed by atoms with E-state index in [0.717, 1.165) is 13.1 Å². The van der Waals surface area contributed by atoms with E-state index in [9.17, 15) is 0 Å². The molecule has 1 aromatic rings. The zero-order chi connectivity index (χ0) is 10.3. The van der Waals surface area contributed by atoms with Crippen molar-refractivity contribution in [2.24, 2.45) is 5.73 Å². The third kappa shape index (κ3) is 1.60. The molecule has 1 aliphatic heterocycles. The van der Waals surface area contributed by atoms with E-state index in [1.165, 1.54) is 16.0 Å². The largest absolute Gasteiger partial charge is 0.323 e. The second kappa shape index (κ2) is 3.33. The standard InChI is InChI=1S/C11H18N2S/c1-11(2,3)7-6-14-9-5-13-4-8(12)10(7)9/h6,8,13H,4-5,12H2,1-3H3. The van der Waals surface area contributed by atoms with Crippen LogP contribution in [0.2, 0.25) is 0 Å². The van der Waals surface area contributed by atoms with Crippen LogP contribution in [0.15, 0.2) is 5.38 Å². The van der Waals surface area contributed by atoms with Crippen molar-refractivity contribution in [1.29, 1.82) is 0 Å². The summed E-state index contributed by atoms with van der Waals surface area (Å²) in [6, 6.07) is 0.180. The average molecular weight is 210 g/mol. The van der Waals surface area contributed by atoms with E-state index in [4.69, 9.17) is 5.73 Å². The van der Waals surface area contributed by atoms with E-state index >= 15 is 0 Å². The number of hydrogen-bond donors (Lipinski definition) is 2. The maximum Gasteiger partial charge on any atom is 0.0436 e. The number of nitrogens with one attached hydrogen (secondary N) is 1. The lowest BCUT2D eigenvalue weighted by molar-refractivity contribution is 0.528. The van der Waals surface area contributed by atoms with Crippen molar-refractivity contribution in [2.45, 2.75) is 38.8 Å². The molecule has 3 N–H and O–H groups in total. The van der Waals surface area contributed by atoms with Crippen LogP contribution < -0.4 is 11.1 Å². The molecule has 2 heterocycles. The van der Waals surface area contributed by atoms with Crippen molar-refractivity contribution in [3.8, 4) is 0 Å². The number of thiophene rings is 1. The second-order valence-electron chi connectivity index (χ2n) is 4.97. The minimum Gasteiger partial charge on any atom is -0.323 e. The molecule has 1 atom stereocenters. The fraction of sp³-hybridized carbons (Fsp3) is 0.636. The quantitative estimate of drug-likeness (QED) is 0.688. The Kier molecular flexibility index (Phi) is 2.41. The Balaban J connectivity index is 2.49. The van der Waals surface area contributed by atoms with Gasteiger partial charge in [0.25, 0.3) is 0 Å². The Hall–Kier alpha value is -0.380. The molecule has 2 nitrogen and oxygen atoms in total. The normalized spacial score (nSPS) is 22.1. The van der Waals surface area contributed by atoms with Crippen LogP contribution in [-0.4, -0.2) is 6.54 Å². The van der Waals surface area contributed by atoms with Crippen LogP contribution in [0.5, 0.6) is 0 Å². The van der Waals surface area contributed by atoms with Crippen molar-refractivity contribution >= 4 is 11.3 Å². The summed E-state index contributed by atoms with van der Waals surface area (Å²) in [6.07, 6.45) is 0. The second-order valence-corrected chi connectivity index (χ2v) is 5.94. The van der Waals surface area contributed by atoms with Gasteiger partial charge >= 0.3 is 0 Å². The molecule has 0 aromatic carbocycles. The van der Waals surface area contributed by atoms with E-state index in [1.807, 2.05) is 11.3 Å². The molecular formula is C11H18N2S. The lowest BCUT2D eigenvalue weighted by Crippen LogP contribution is -2.33.